The van der Waals surface area contributed by atoms with Crippen molar-refractivity contribution in [1.29, 1.82) is 0 Å². The van der Waals surface area contributed by atoms with Crippen molar-refractivity contribution in [2.24, 2.45) is 7.05 Å². The van der Waals surface area contributed by atoms with Gasteiger partial charge in [0.15, 0.2) is 0 Å². The molecule has 0 radical (unpaired) electrons. The number of hydrogen-bond donors (Lipinski definition) is 3. The van der Waals surface area contributed by atoms with Gasteiger partial charge >= 0.3 is 0 Å². The van der Waals surface area contributed by atoms with E-state index in [1.165, 1.54) is 0 Å². The molecular weight excluding hydrogens is 204 g/mol. The Labute approximate surface area is 96.6 Å². The molecule has 0 spiro atoms. The zero-order chi connectivity index (χ0) is 12.1. The highest BCUT2D eigenvalue weighted by Gasteiger charge is 2.14. The number of nitrogen functional groups attached to an aromatic ring is 1. The first kappa shape index (κ1) is 12.8. The second-order valence-electron chi connectivity index (χ2n) is 4.14. The van der Waals surface area contributed by atoms with Crippen LogP contribution in [0.25, 0.3) is 0 Å². The van der Waals surface area contributed by atoms with Gasteiger partial charge in [-0.25, -0.2) is 0 Å². The highest BCUT2D eigenvalue weighted by atomic mass is 16.3. The number of nitrogens with one attached hydrogen (secondary N) is 1. The summed E-state index contributed by atoms with van der Waals surface area (Å²) in [5.41, 5.74) is 7.70. The average Bonchev–Trinajstić information content (AvgIpc) is 2.47. The minimum Gasteiger partial charge on any atom is -0.396 e. The first-order valence-electron chi connectivity index (χ1n) is 5.78. The number of rotatable bonds is 6. The van der Waals surface area contributed by atoms with Crippen molar-refractivity contribution in [3.63, 3.8) is 0 Å². The van der Waals surface area contributed by atoms with Gasteiger partial charge in [-0.05, 0) is 19.8 Å². The van der Waals surface area contributed by atoms with Crippen LogP contribution >= 0.6 is 0 Å². The van der Waals surface area contributed by atoms with E-state index in [4.69, 9.17) is 10.8 Å². The molecule has 16 heavy (non-hydrogen) atoms. The van der Waals surface area contributed by atoms with E-state index in [-0.39, 0.29) is 12.6 Å². The lowest BCUT2D eigenvalue weighted by Gasteiger charge is -2.14. The van der Waals surface area contributed by atoms with Gasteiger partial charge in [0.25, 0.3) is 0 Å². The van der Waals surface area contributed by atoms with Crippen molar-refractivity contribution in [2.75, 3.05) is 17.7 Å². The van der Waals surface area contributed by atoms with E-state index in [1.807, 2.05) is 14.0 Å². The summed E-state index contributed by atoms with van der Waals surface area (Å²) in [6, 6.07) is 0.192. The van der Waals surface area contributed by atoms with Crippen molar-refractivity contribution in [3.8, 4) is 0 Å². The average molecular weight is 226 g/mol. The van der Waals surface area contributed by atoms with Gasteiger partial charge in [0, 0.05) is 19.7 Å². The molecule has 5 heteroatoms. The van der Waals surface area contributed by atoms with E-state index >= 15 is 0 Å². The number of hydrogen-bond acceptors (Lipinski definition) is 4. The van der Waals surface area contributed by atoms with Crippen LogP contribution in [0, 0.1) is 0 Å². The lowest BCUT2D eigenvalue weighted by atomic mass is 10.2. The van der Waals surface area contributed by atoms with Crippen LogP contribution < -0.4 is 11.1 Å². The van der Waals surface area contributed by atoms with Gasteiger partial charge in [-0.3, -0.25) is 4.68 Å². The molecule has 0 saturated heterocycles. The van der Waals surface area contributed by atoms with Crippen LogP contribution in [0.2, 0.25) is 0 Å². The van der Waals surface area contributed by atoms with Crippen molar-refractivity contribution >= 4 is 11.5 Å². The van der Waals surface area contributed by atoms with E-state index in [2.05, 4.69) is 17.3 Å². The second-order valence-corrected chi connectivity index (χ2v) is 4.14. The van der Waals surface area contributed by atoms with Crippen LogP contribution in [0.3, 0.4) is 0 Å². The summed E-state index contributed by atoms with van der Waals surface area (Å²) in [4.78, 5) is 0. The Morgan fingerprint density at radius 2 is 2.25 bits per heavy atom. The van der Waals surface area contributed by atoms with E-state index in [0.717, 1.165) is 30.0 Å². The Balaban J connectivity index is 2.79. The zero-order valence-electron chi connectivity index (χ0n) is 10.3. The molecule has 1 unspecified atom stereocenters. The molecular formula is C11H22N4O. The zero-order valence-corrected chi connectivity index (χ0v) is 10.3. The largest absolute Gasteiger partial charge is 0.396 e. The Morgan fingerprint density at radius 1 is 1.56 bits per heavy atom. The predicted octanol–water partition coefficient (Wildman–Crippen LogP) is 1.14. The molecule has 0 fully saturated rings. The topological polar surface area (TPSA) is 76.1 Å². The van der Waals surface area contributed by atoms with Crippen molar-refractivity contribution in [2.45, 2.75) is 39.2 Å². The molecule has 1 aromatic heterocycles. The molecule has 0 saturated carbocycles. The van der Waals surface area contributed by atoms with Crippen LogP contribution in [0.15, 0.2) is 0 Å². The fourth-order valence-electron chi connectivity index (χ4n) is 1.69. The van der Waals surface area contributed by atoms with Crippen molar-refractivity contribution in [1.82, 2.24) is 9.78 Å². The fourth-order valence-corrected chi connectivity index (χ4v) is 1.69. The van der Waals surface area contributed by atoms with E-state index in [0.29, 0.717) is 6.42 Å². The number of nitrogens with two attached hydrogens (primary N) is 1. The summed E-state index contributed by atoms with van der Waals surface area (Å²) in [7, 11) is 1.88. The molecule has 0 aliphatic heterocycles. The van der Waals surface area contributed by atoms with Gasteiger partial charge < -0.3 is 16.2 Å². The summed E-state index contributed by atoms with van der Waals surface area (Å²) < 4.78 is 1.77. The molecule has 1 aromatic rings. The Morgan fingerprint density at radius 3 is 2.81 bits per heavy atom. The molecule has 1 atom stereocenters. The summed E-state index contributed by atoms with van der Waals surface area (Å²) in [5.74, 6) is 0.851. The third-order valence-corrected chi connectivity index (χ3v) is 2.59. The van der Waals surface area contributed by atoms with Gasteiger partial charge in [0.2, 0.25) is 0 Å². The molecule has 5 nitrogen and oxygen atoms in total. The normalized spacial score (nSPS) is 12.8. The number of nitrogens with zero attached hydrogens (tertiary/aromatic N) is 2. The lowest BCUT2D eigenvalue weighted by molar-refractivity contribution is 0.282. The molecule has 0 aromatic carbocycles. The van der Waals surface area contributed by atoms with Crippen LogP contribution in [-0.4, -0.2) is 27.5 Å². The second kappa shape index (κ2) is 5.75. The summed E-state index contributed by atoms with van der Waals surface area (Å²) in [6.07, 6.45) is 2.64. The highest BCUT2D eigenvalue weighted by molar-refractivity contribution is 5.65. The number of aromatic nitrogens is 2. The molecule has 0 amide bonds. The smallest absolute Gasteiger partial charge is 0.147 e. The quantitative estimate of drug-likeness (QED) is 0.680. The van der Waals surface area contributed by atoms with Crippen LogP contribution in [-0.2, 0) is 13.5 Å². The minimum atomic E-state index is 0.174. The first-order chi connectivity index (χ1) is 7.60. The van der Waals surface area contributed by atoms with E-state index < -0.39 is 0 Å². The summed E-state index contributed by atoms with van der Waals surface area (Å²) >= 11 is 0. The predicted molar refractivity (Wildman–Crippen MR) is 66.4 cm³/mol. The first-order valence-corrected chi connectivity index (χ1v) is 5.78. The van der Waals surface area contributed by atoms with Gasteiger partial charge in [-0.15, -0.1) is 0 Å². The van der Waals surface area contributed by atoms with Gasteiger partial charge in [-0.2, -0.15) is 5.10 Å². The van der Waals surface area contributed by atoms with Gasteiger partial charge in [-0.1, -0.05) is 13.3 Å². The van der Waals surface area contributed by atoms with Crippen molar-refractivity contribution < 1.29 is 5.11 Å². The standard InChI is InChI=1S/C11H22N4O/c1-4-5-9-10(12)11(15(3)14-9)13-8(2)6-7-16/h8,13,16H,4-7,12H2,1-3H3. The van der Waals surface area contributed by atoms with E-state index in [9.17, 15) is 0 Å². The molecule has 0 bridgehead atoms. The van der Waals surface area contributed by atoms with Crippen molar-refractivity contribution in [3.05, 3.63) is 5.69 Å². The number of aliphatic hydroxyl groups excluding tert-OH is 1. The Kier molecular flexibility index (Phi) is 4.61. The van der Waals surface area contributed by atoms with Crippen LogP contribution in [0.5, 0.6) is 0 Å². The monoisotopic (exact) mass is 226 g/mol. The minimum absolute atomic E-state index is 0.174. The summed E-state index contributed by atoms with van der Waals surface area (Å²) in [6.45, 7) is 4.30. The molecule has 0 aliphatic carbocycles. The van der Waals surface area contributed by atoms with E-state index in [1.54, 1.807) is 4.68 Å². The number of aliphatic hydroxyl groups is 1. The van der Waals surface area contributed by atoms with Crippen LogP contribution in [0.1, 0.15) is 32.4 Å². The molecule has 4 N–H and O–H groups in total. The SMILES string of the molecule is CCCc1nn(C)c(NC(C)CCO)c1N. The molecule has 92 valence electrons. The summed E-state index contributed by atoms with van der Waals surface area (Å²) in [5, 5.41) is 16.5. The maximum absolute atomic E-state index is 8.85. The highest BCUT2D eigenvalue weighted by Crippen LogP contribution is 2.23. The fraction of sp³-hybridized carbons (Fsp3) is 0.727. The maximum atomic E-state index is 8.85. The third kappa shape index (κ3) is 2.88. The van der Waals surface area contributed by atoms with Gasteiger partial charge in [0.05, 0.1) is 11.4 Å². The number of aryl methyl sites for hydroxylation is 2. The Bertz CT molecular complexity index is 335. The lowest BCUT2D eigenvalue weighted by Crippen LogP contribution is -2.19. The molecule has 1 heterocycles. The molecule has 1 rings (SSSR count). The molecule has 0 aliphatic rings. The van der Waals surface area contributed by atoms with Crippen LogP contribution in [0.4, 0.5) is 11.5 Å². The van der Waals surface area contributed by atoms with Gasteiger partial charge in [0.1, 0.15) is 5.82 Å². The Hall–Kier alpha value is -1.23. The third-order valence-electron chi connectivity index (χ3n) is 2.59. The maximum Gasteiger partial charge on any atom is 0.147 e. The number of anilines is 2.